The van der Waals surface area contributed by atoms with Gasteiger partial charge in [0.05, 0.1) is 7.11 Å². The van der Waals surface area contributed by atoms with Crippen molar-refractivity contribution in [1.82, 2.24) is 0 Å². The van der Waals surface area contributed by atoms with E-state index in [1.807, 2.05) is 6.92 Å². The van der Waals surface area contributed by atoms with E-state index in [-0.39, 0.29) is 0 Å². The number of hydrogen-bond donors (Lipinski definition) is 0. The number of halogens is 1. The largest absolute Gasteiger partial charge is 0.471 e. The number of ether oxygens (including phenoxy) is 2. The zero-order valence-electron chi connectivity index (χ0n) is 9.82. The standard InChI is InChI=1S/C12H13BrO4/c1-7-6-9(4-5-10(7)13)17-11(8(2)14)12(15)16-3/h4-6,11H,1-3H3. The van der Waals surface area contributed by atoms with Crippen molar-refractivity contribution in [2.75, 3.05) is 7.11 Å². The lowest BCUT2D eigenvalue weighted by molar-refractivity contribution is -0.152. The van der Waals surface area contributed by atoms with Gasteiger partial charge >= 0.3 is 5.97 Å². The van der Waals surface area contributed by atoms with Gasteiger partial charge in [-0.2, -0.15) is 0 Å². The van der Waals surface area contributed by atoms with E-state index in [9.17, 15) is 9.59 Å². The quantitative estimate of drug-likeness (QED) is 0.632. The lowest BCUT2D eigenvalue weighted by Crippen LogP contribution is -2.35. The van der Waals surface area contributed by atoms with Gasteiger partial charge in [0.15, 0.2) is 5.78 Å². The first-order valence-corrected chi connectivity index (χ1v) is 5.76. The van der Waals surface area contributed by atoms with E-state index < -0.39 is 17.9 Å². The van der Waals surface area contributed by atoms with Crippen molar-refractivity contribution in [2.45, 2.75) is 20.0 Å². The Balaban J connectivity index is 2.90. The van der Waals surface area contributed by atoms with Crippen LogP contribution in [0, 0.1) is 6.92 Å². The first kappa shape index (κ1) is 13.7. The van der Waals surface area contributed by atoms with Gasteiger partial charge in [0.25, 0.3) is 6.10 Å². The fourth-order valence-corrected chi connectivity index (χ4v) is 1.48. The van der Waals surface area contributed by atoms with Crippen molar-refractivity contribution < 1.29 is 19.1 Å². The minimum absolute atomic E-state index is 0.391. The molecule has 0 saturated carbocycles. The average Bonchev–Trinajstić information content (AvgIpc) is 2.29. The summed E-state index contributed by atoms with van der Waals surface area (Å²) in [4.78, 5) is 22.6. The molecule has 1 aromatic carbocycles. The molecule has 0 N–H and O–H groups in total. The maximum Gasteiger partial charge on any atom is 0.354 e. The van der Waals surface area contributed by atoms with Crippen LogP contribution in [0.5, 0.6) is 5.75 Å². The smallest absolute Gasteiger partial charge is 0.354 e. The number of carbonyl (C=O) groups excluding carboxylic acids is 2. The summed E-state index contributed by atoms with van der Waals surface area (Å²) in [6, 6.07) is 5.21. The van der Waals surface area contributed by atoms with Crippen LogP contribution in [0.2, 0.25) is 0 Å². The SMILES string of the molecule is COC(=O)C(Oc1ccc(Br)c(C)c1)C(C)=O. The molecule has 0 heterocycles. The summed E-state index contributed by atoms with van der Waals surface area (Å²) >= 11 is 3.35. The number of ketones is 1. The monoisotopic (exact) mass is 300 g/mol. The van der Waals surface area contributed by atoms with E-state index in [4.69, 9.17) is 4.74 Å². The zero-order valence-corrected chi connectivity index (χ0v) is 11.4. The Bertz CT molecular complexity index is 442. The Kier molecular flexibility index (Phi) is 4.69. The number of carbonyl (C=O) groups is 2. The van der Waals surface area contributed by atoms with Crippen molar-refractivity contribution in [2.24, 2.45) is 0 Å². The number of hydrogen-bond acceptors (Lipinski definition) is 4. The third kappa shape index (κ3) is 3.56. The van der Waals surface area contributed by atoms with Gasteiger partial charge in [-0.05, 0) is 37.6 Å². The van der Waals surface area contributed by atoms with Crippen LogP contribution in [-0.4, -0.2) is 25.0 Å². The molecule has 0 fully saturated rings. The van der Waals surface area contributed by atoms with Crippen molar-refractivity contribution in [3.8, 4) is 5.75 Å². The van der Waals surface area contributed by atoms with Gasteiger partial charge in [0, 0.05) is 4.47 Å². The Morgan fingerprint density at radius 3 is 2.47 bits per heavy atom. The van der Waals surface area contributed by atoms with Crippen LogP contribution in [0.25, 0.3) is 0 Å². The molecule has 1 atom stereocenters. The van der Waals surface area contributed by atoms with Gasteiger partial charge in [-0.15, -0.1) is 0 Å². The highest BCUT2D eigenvalue weighted by molar-refractivity contribution is 9.10. The molecule has 0 radical (unpaired) electrons. The van der Waals surface area contributed by atoms with E-state index in [0.29, 0.717) is 5.75 Å². The summed E-state index contributed by atoms with van der Waals surface area (Å²) in [6.07, 6.45) is -1.21. The number of rotatable bonds is 4. The van der Waals surface area contributed by atoms with Gasteiger partial charge in [-0.25, -0.2) is 4.79 Å². The third-order valence-electron chi connectivity index (χ3n) is 2.17. The molecule has 0 aromatic heterocycles. The predicted molar refractivity (Wildman–Crippen MR) is 66.0 cm³/mol. The minimum Gasteiger partial charge on any atom is -0.471 e. The summed E-state index contributed by atoms with van der Waals surface area (Å²) < 4.78 is 10.8. The summed E-state index contributed by atoms with van der Waals surface area (Å²) in [5.74, 6) is -0.633. The normalized spacial score (nSPS) is 11.8. The number of methoxy groups -OCH3 is 1. The topological polar surface area (TPSA) is 52.6 Å². The van der Waals surface area contributed by atoms with Crippen molar-refractivity contribution >= 4 is 27.7 Å². The fourth-order valence-electron chi connectivity index (χ4n) is 1.23. The second-order valence-electron chi connectivity index (χ2n) is 3.54. The van der Waals surface area contributed by atoms with Gasteiger partial charge in [-0.3, -0.25) is 4.79 Å². The van der Waals surface area contributed by atoms with Crippen LogP contribution < -0.4 is 4.74 Å². The first-order valence-electron chi connectivity index (χ1n) is 4.96. The first-order chi connectivity index (χ1) is 7.95. The average molecular weight is 301 g/mol. The van der Waals surface area contributed by atoms with E-state index >= 15 is 0 Å². The summed E-state index contributed by atoms with van der Waals surface area (Å²) in [7, 11) is 1.22. The molecule has 1 unspecified atom stereocenters. The van der Waals surface area contributed by atoms with Crippen molar-refractivity contribution in [3.63, 3.8) is 0 Å². The molecular formula is C12H13BrO4. The molecule has 1 aromatic rings. The second-order valence-corrected chi connectivity index (χ2v) is 4.40. The molecule has 0 aliphatic heterocycles. The third-order valence-corrected chi connectivity index (χ3v) is 3.06. The van der Waals surface area contributed by atoms with E-state index in [0.717, 1.165) is 10.0 Å². The van der Waals surface area contributed by atoms with Gasteiger partial charge < -0.3 is 9.47 Å². The zero-order chi connectivity index (χ0) is 13.0. The van der Waals surface area contributed by atoms with Gasteiger partial charge in [0.2, 0.25) is 0 Å². The molecule has 0 spiro atoms. The van der Waals surface area contributed by atoms with Crippen LogP contribution >= 0.6 is 15.9 Å². The molecular weight excluding hydrogens is 288 g/mol. The van der Waals surface area contributed by atoms with E-state index in [1.54, 1.807) is 18.2 Å². The molecule has 0 aliphatic rings. The summed E-state index contributed by atoms with van der Waals surface area (Å²) in [6.45, 7) is 3.17. The molecule has 0 saturated heterocycles. The maximum atomic E-state index is 11.3. The van der Waals surface area contributed by atoms with Crippen LogP contribution in [0.15, 0.2) is 22.7 Å². The Morgan fingerprint density at radius 1 is 1.35 bits per heavy atom. The number of aryl methyl sites for hydroxylation is 1. The van der Waals surface area contributed by atoms with E-state index in [1.165, 1.54) is 14.0 Å². The van der Waals surface area contributed by atoms with E-state index in [2.05, 4.69) is 20.7 Å². The molecule has 17 heavy (non-hydrogen) atoms. The van der Waals surface area contributed by atoms with Gasteiger partial charge in [-0.1, -0.05) is 15.9 Å². The van der Waals surface area contributed by atoms with Crippen LogP contribution in [0.1, 0.15) is 12.5 Å². The summed E-state index contributed by atoms with van der Waals surface area (Å²) in [5, 5.41) is 0. The van der Waals surface area contributed by atoms with Crippen molar-refractivity contribution in [1.29, 1.82) is 0 Å². The maximum absolute atomic E-state index is 11.3. The number of esters is 1. The highest BCUT2D eigenvalue weighted by Gasteiger charge is 2.26. The van der Waals surface area contributed by atoms with Crippen LogP contribution in [-0.2, 0) is 14.3 Å². The predicted octanol–water partition coefficient (Wildman–Crippen LogP) is 2.27. The van der Waals surface area contributed by atoms with Crippen LogP contribution in [0.3, 0.4) is 0 Å². The van der Waals surface area contributed by atoms with Crippen molar-refractivity contribution in [3.05, 3.63) is 28.2 Å². The second kappa shape index (κ2) is 5.82. The molecule has 92 valence electrons. The highest BCUT2D eigenvalue weighted by atomic mass is 79.9. The number of Topliss-reactive ketones (excluding diaryl/α,β-unsaturated/α-hetero) is 1. The Hall–Kier alpha value is -1.36. The lowest BCUT2D eigenvalue weighted by atomic mass is 10.2. The molecule has 5 heteroatoms. The molecule has 0 bridgehead atoms. The van der Waals surface area contributed by atoms with Gasteiger partial charge in [0.1, 0.15) is 5.75 Å². The highest BCUT2D eigenvalue weighted by Crippen LogP contribution is 2.22. The minimum atomic E-state index is -1.21. The summed E-state index contributed by atoms with van der Waals surface area (Å²) in [5.41, 5.74) is 0.953. The Morgan fingerprint density at radius 2 is 2.00 bits per heavy atom. The molecule has 4 nitrogen and oxygen atoms in total. The number of benzene rings is 1. The molecule has 0 aliphatic carbocycles. The Labute approximate surface area is 108 Å². The van der Waals surface area contributed by atoms with Crippen LogP contribution in [0.4, 0.5) is 0 Å². The molecule has 1 rings (SSSR count). The lowest BCUT2D eigenvalue weighted by Gasteiger charge is -2.14. The fraction of sp³-hybridized carbons (Fsp3) is 0.333. The molecule has 0 amide bonds.